The quantitative estimate of drug-likeness (QED) is 0.626. The predicted octanol–water partition coefficient (Wildman–Crippen LogP) is 3.25. The number of aliphatic hydroxyl groups excluding tert-OH is 1. The minimum Gasteiger partial charge on any atom is -0.395 e. The number of thiophene rings is 1. The molecule has 1 aromatic carbocycles. The molecule has 0 aliphatic carbocycles. The Bertz CT molecular complexity index is 1010. The summed E-state index contributed by atoms with van der Waals surface area (Å²) in [6, 6.07) is 11.7. The SMILES string of the molecule is O=C(NCCO)c1sc2ncccc2c1[C@@H]1CN(Cc2cccc(Cl)c2)CCO1. The number of hydrogen-bond donors (Lipinski definition) is 2. The van der Waals surface area contributed by atoms with Gasteiger partial charge >= 0.3 is 0 Å². The molecule has 1 fully saturated rings. The van der Waals surface area contributed by atoms with Crippen molar-refractivity contribution in [2.75, 3.05) is 32.8 Å². The van der Waals surface area contributed by atoms with Gasteiger partial charge in [0.05, 0.1) is 19.3 Å². The van der Waals surface area contributed by atoms with Crippen molar-refractivity contribution >= 4 is 39.1 Å². The first-order valence-electron chi connectivity index (χ1n) is 9.50. The third kappa shape index (κ3) is 4.60. The van der Waals surface area contributed by atoms with Crippen molar-refractivity contribution in [1.29, 1.82) is 0 Å². The van der Waals surface area contributed by atoms with Gasteiger partial charge in [0.25, 0.3) is 5.91 Å². The van der Waals surface area contributed by atoms with E-state index < -0.39 is 0 Å². The second kappa shape index (κ2) is 9.19. The fourth-order valence-corrected chi connectivity index (χ4v) is 4.93. The Morgan fingerprint density at radius 1 is 1.38 bits per heavy atom. The van der Waals surface area contributed by atoms with Crippen LogP contribution in [0, 0.1) is 0 Å². The van der Waals surface area contributed by atoms with Gasteiger partial charge in [-0.1, -0.05) is 29.8 Å². The molecule has 3 aromatic rings. The van der Waals surface area contributed by atoms with E-state index >= 15 is 0 Å². The van der Waals surface area contributed by atoms with Crippen LogP contribution in [-0.2, 0) is 11.3 Å². The first-order chi connectivity index (χ1) is 14.2. The van der Waals surface area contributed by atoms with Crippen LogP contribution in [0.25, 0.3) is 10.2 Å². The molecule has 1 aliphatic rings. The minimum absolute atomic E-state index is 0.0996. The number of hydrogen-bond acceptors (Lipinski definition) is 6. The van der Waals surface area contributed by atoms with Gasteiger partial charge in [-0.25, -0.2) is 4.98 Å². The van der Waals surface area contributed by atoms with Gasteiger partial charge in [0, 0.05) is 48.3 Å². The highest BCUT2D eigenvalue weighted by Crippen LogP contribution is 2.37. The van der Waals surface area contributed by atoms with Crippen molar-refractivity contribution < 1.29 is 14.6 Å². The van der Waals surface area contributed by atoms with E-state index in [-0.39, 0.29) is 25.2 Å². The van der Waals surface area contributed by atoms with Gasteiger partial charge < -0.3 is 15.2 Å². The highest BCUT2D eigenvalue weighted by molar-refractivity contribution is 7.20. The van der Waals surface area contributed by atoms with Gasteiger partial charge in [0.2, 0.25) is 0 Å². The molecule has 2 aromatic heterocycles. The summed E-state index contributed by atoms with van der Waals surface area (Å²) in [4.78, 5) is 20.9. The van der Waals surface area contributed by atoms with Crippen molar-refractivity contribution in [2.45, 2.75) is 12.6 Å². The second-order valence-electron chi connectivity index (χ2n) is 6.90. The first kappa shape index (κ1) is 20.3. The molecule has 29 heavy (non-hydrogen) atoms. The Morgan fingerprint density at radius 3 is 3.10 bits per heavy atom. The number of morpholine rings is 1. The number of aliphatic hydroxyl groups is 1. The van der Waals surface area contributed by atoms with Crippen molar-refractivity contribution in [3.63, 3.8) is 0 Å². The lowest BCUT2D eigenvalue weighted by Crippen LogP contribution is -2.38. The van der Waals surface area contributed by atoms with Crippen molar-refractivity contribution in [1.82, 2.24) is 15.2 Å². The van der Waals surface area contributed by atoms with Crippen molar-refractivity contribution in [3.05, 3.63) is 63.6 Å². The molecule has 6 nitrogen and oxygen atoms in total. The maximum atomic E-state index is 12.7. The third-order valence-electron chi connectivity index (χ3n) is 4.88. The molecule has 1 atom stereocenters. The van der Waals surface area contributed by atoms with Crippen LogP contribution in [0.4, 0.5) is 0 Å². The number of rotatable bonds is 6. The number of carbonyl (C=O) groups excluding carboxylic acids is 1. The summed E-state index contributed by atoms with van der Waals surface area (Å²) >= 11 is 7.49. The lowest BCUT2D eigenvalue weighted by molar-refractivity contribution is -0.0323. The van der Waals surface area contributed by atoms with E-state index in [9.17, 15) is 4.79 Å². The molecule has 4 rings (SSSR count). The topological polar surface area (TPSA) is 74.7 Å². The van der Waals surface area contributed by atoms with Crippen LogP contribution in [0.3, 0.4) is 0 Å². The molecule has 0 saturated carbocycles. The van der Waals surface area contributed by atoms with Crippen LogP contribution in [-0.4, -0.2) is 53.7 Å². The Labute approximate surface area is 178 Å². The van der Waals surface area contributed by atoms with Gasteiger partial charge in [0.15, 0.2) is 0 Å². The molecule has 152 valence electrons. The number of fused-ring (bicyclic) bond motifs is 1. The number of benzene rings is 1. The molecule has 0 radical (unpaired) electrons. The van der Waals surface area contributed by atoms with Crippen LogP contribution < -0.4 is 5.32 Å². The molecule has 1 aliphatic heterocycles. The van der Waals surface area contributed by atoms with Crippen LogP contribution in [0.2, 0.25) is 5.02 Å². The largest absolute Gasteiger partial charge is 0.395 e. The summed E-state index contributed by atoms with van der Waals surface area (Å²) < 4.78 is 6.10. The average molecular weight is 432 g/mol. The number of aromatic nitrogens is 1. The lowest BCUT2D eigenvalue weighted by Gasteiger charge is -2.33. The molecule has 0 bridgehead atoms. The molecule has 1 saturated heterocycles. The Hall–Kier alpha value is -2.03. The van der Waals surface area contributed by atoms with Crippen LogP contribution in [0.1, 0.15) is 26.9 Å². The van der Waals surface area contributed by atoms with E-state index in [2.05, 4.69) is 21.3 Å². The Morgan fingerprint density at radius 2 is 2.28 bits per heavy atom. The van der Waals surface area contributed by atoms with E-state index in [1.165, 1.54) is 11.3 Å². The number of amides is 1. The highest BCUT2D eigenvalue weighted by Gasteiger charge is 2.30. The van der Waals surface area contributed by atoms with E-state index in [1.54, 1.807) is 6.20 Å². The van der Waals surface area contributed by atoms with Crippen LogP contribution in [0.15, 0.2) is 42.6 Å². The number of ether oxygens (including phenoxy) is 1. The summed E-state index contributed by atoms with van der Waals surface area (Å²) in [7, 11) is 0. The van der Waals surface area contributed by atoms with Gasteiger partial charge in [-0.05, 0) is 23.8 Å². The van der Waals surface area contributed by atoms with Crippen LogP contribution >= 0.6 is 22.9 Å². The fraction of sp³-hybridized carbons (Fsp3) is 0.333. The summed E-state index contributed by atoms with van der Waals surface area (Å²) in [6.45, 7) is 2.96. The number of nitrogens with zero attached hydrogens (tertiary/aromatic N) is 2. The smallest absolute Gasteiger partial charge is 0.261 e. The summed E-state index contributed by atoms with van der Waals surface area (Å²) in [6.07, 6.45) is 1.50. The molecule has 0 unspecified atom stereocenters. The zero-order valence-corrected chi connectivity index (χ0v) is 17.4. The normalized spacial score (nSPS) is 17.5. The van der Waals surface area contributed by atoms with Gasteiger partial charge in [-0.3, -0.25) is 9.69 Å². The molecule has 2 N–H and O–H groups in total. The van der Waals surface area contributed by atoms with Crippen LogP contribution in [0.5, 0.6) is 0 Å². The maximum Gasteiger partial charge on any atom is 0.261 e. The molecular formula is C21H22ClN3O3S. The third-order valence-corrected chi connectivity index (χ3v) is 6.24. The number of pyridine rings is 1. The molecule has 1 amide bonds. The number of halogens is 1. The molecule has 0 spiro atoms. The lowest BCUT2D eigenvalue weighted by atomic mass is 10.0. The first-order valence-corrected chi connectivity index (χ1v) is 10.7. The average Bonchev–Trinajstić information content (AvgIpc) is 3.12. The summed E-state index contributed by atoms with van der Waals surface area (Å²) in [5.41, 5.74) is 2.03. The molecule has 8 heteroatoms. The van der Waals surface area contributed by atoms with E-state index in [0.717, 1.165) is 39.5 Å². The summed E-state index contributed by atoms with van der Waals surface area (Å²) in [5, 5.41) is 13.5. The number of nitrogens with one attached hydrogen (secondary N) is 1. The Kier molecular flexibility index (Phi) is 6.42. The highest BCUT2D eigenvalue weighted by atomic mass is 35.5. The fourth-order valence-electron chi connectivity index (χ4n) is 3.60. The van der Waals surface area contributed by atoms with Crippen molar-refractivity contribution in [3.8, 4) is 0 Å². The van der Waals surface area contributed by atoms with E-state index in [4.69, 9.17) is 21.4 Å². The maximum absolute atomic E-state index is 12.7. The standard InChI is InChI=1S/C21H22ClN3O3S/c22-15-4-1-3-14(11-15)12-25-8-10-28-17(13-25)18-16-5-2-6-24-21(16)29-19(18)20(27)23-7-9-26/h1-6,11,17,26H,7-10,12-13H2,(H,23,27)/t17-/m0/s1. The summed E-state index contributed by atoms with van der Waals surface area (Å²) in [5.74, 6) is -0.201. The predicted molar refractivity (Wildman–Crippen MR) is 114 cm³/mol. The van der Waals surface area contributed by atoms with E-state index in [0.29, 0.717) is 18.0 Å². The van der Waals surface area contributed by atoms with Crippen molar-refractivity contribution in [2.24, 2.45) is 0 Å². The number of carbonyl (C=O) groups is 1. The monoisotopic (exact) mass is 431 g/mol. The Balaban J connectivity index is 1.61. The van der Waals surface area contributed by atoms with E-state index in [1.807, 2.05) is 30.3 Å². The molecule has 3 heterocycles. The second-order valence-corrected chi connectivity index (χ2v) is 8.34. The minimum atomic E-state index is -0.226. The van der Waals surface area contributed by atoms with Gasteiger partial charge in [-0.15, -0.1) is 11.3 Å². The molecular weight excluding hydrogens is 410 g/mol. The van der Waals surface area contributed by atoms with Gasteiger partial charge in [-0.2, -0.15) is 0 Å². The van der Waals surface area contributed by atoms with Gasteiger partial charge in [0.1, 0.15) is 9.71 Å². The zero-order valence-electron chi connectivity index (χ0n) is 15.8. The zero-order chi connectivity index (χ0) is 20.2.